The van der Waals surface area contributed by atoms with E-state index in [1.165, 1.54) is 11.3 Å². The molecule has 37 heavy (non-hydrogen) atoms. The lowest BCUT2D eigenvalue weighted by molar-refractivity contribution is -0.131. The van der Waals surface area contributed by atoms with E-state index in [9.17, 15) is 9.59 Å². The lowest BCUT2D eigenvalue weighted by atomic mass is 9.71. The average Bonchev–Trinajstić information content (AvgIpc) is 3.29. The molecule has 9 nitrogen and oxygen atoms in total. The largest absolute Gasteiger partial charge is 0.370 e. The minimum Gasteiger partial charge on any atom is -0.370 e. The second kappa shape index (κ2) is 9.19. The smallest absolute Gasteiger partial charge is 0.261 e. The molecule has 10 heteroatoms. The van der Waals surface area contributed by atoms with Gasteiger partial charge in [-0.05, 0) is 49.6 Å². The maximum atomic E-state index is 13.4. The number of likely N-dealkylation sites (tertiary alicyclic amines) is 1. The zero-order chi connectivity index (χ0) is 25.6. The van der Waals surface area contributed by atoms with Crippen molar-refractivity contribution in [2.75, 3.05) is 36.4 Å². The Morgan fingerprint density at radius 3 is 2.51 bits per heavy atom. The molecule has 188 valence electrons. The summed E-state index contributed by atoms with van der Waals surface area (Å²) >= 11 is 1.40. The maximum Gasteiger partial charge on any atom is 0.261 e. The number of fused-ring (bicyclic) bond motifs is 1. The summed E-state index contributed by atoms with van der Waals surface area (Å²) in [4.78, 5) is 46.7. The number of hydrogen-bond acceptors (Lipinski definition) is 8. The number of anilines is 2. The number of amides is 2. The fourth-order valence-corrected chi connectivity index (χ4v) is 6.13. The molecule has 2 amide bonds. The van der Waals surface area contributed by atoms with Gasteiger partial charge in [-0.15, -0.1) is 0 Å². The summed E-state index contributed by atoms with van der Waals surface area (Å²) in [5, 5.41) is 3.47. The highest BCUT2D eigenvalue weighted by Crippen LogP contribution is 2.43. The molecule has 4 aromatic rings. The van der Waals surface area contributed by atoms with Crippen molar-refractivity contribution in [2.24, 2.45) is 5.41 Å². The molecule has 2 saturated heterocycles. The van der Waals surface area contributed by atoms with Crippen LogP contribution in [0.3, 0.4) is 0 Å². The van der Waals surface area contributed by atoms with Crippen LogP contribution in [0.15, 0.2) is 49.1 Å². The molecule has 0 saturated carbocycles. The second-order valence-electron chi connectivity index (χ2n) is 9.96. The Labute approximate surface area is 218 Å². The highest BCUT2D eigenvalue weighted by Gasteiger charge is 2.46. The summed E-state index contributed by atoms with van der Waals surface area (Å²) in [5.74, 6) is -0.0864. The fourth-order valence-electron chi connectivity index (χ4n) is 5.27. The van der Waals surface area contributed by atoms with Crippen molar-refractivity contribution in [1.29, 1.82) is 0 Å². The van der Waals surface area contributed by atoms with E-state index >= 15 is 0 Å². The number of piperidine rings is 1. The van der Waals surface area contributed by atoms with Gasteiger partial charge in [0.1, 0.15) is 0 Å². The van der Waals surface area contributed by atoms with Gasteiger partial charge in [-0.25, -0.2) is 4.98 Å². The third-order valence-corrected chi connectivity index (χ3v) is 8.31. The van der Waals surface area contributed by atoms with E-state index in [1.54, 1.807) is 31.7 Å². The zero-order valence-corrected chi connectivity index (χ0v) is 21.6. The number of pyridine rings is 3. The van der Waals surface area contributed by atoms with Crippen LogP contribution in [0.1, 0.15) is 35.8 Å². The van der Waals surface area contributed by atoms with Crippen LogP contribution in [-0.4, -0.2) is 62.8 Å². The number of aryl methyl sites for hydroxylation is 1. The first-order valence-corrected chi connectivity index (χ1v) is 13.2. The Kier molecular flexibility index (Phi) is 5.83. The number of carbonyl (C=O) groups excluding carboxylic acids is 2. The highest BCUT2D eigenvalue weighted by molar-refractivity contribution is 7.22. The first kappa shape index (κ1) is 23.5. The summed E-state index contributed by atoms with van der Waals surface area (Å²) in [6.07, 6.45) is 8.92. The first-order valence-electron chi connectivity index (χ1n) is 12.3. The zero-order valence-electron chi connectivity index (χ0n) is 20.8. The van der Waals surface area contributed by atoms with Crippen molar-refractivity contribution < 1.29 is 9.59 Å². The molecule has 2 aliphatic heterocycles. The molecule has 6 heterocycles. The average molecular weight is 514 g/mol. The number of carbonyl (C=O) groups is 2. The molecule has 0 aromatic carbocycles. The van der Waals surface area contributed by atoms with Gasteiger partial charge in [0.15, 0.2) is 10.8 Å². The SMILES string of the molecule is CC(=O)N1CCC2(CC1)CN(c1cc(C)ncc1C(=O)Nc1nc3ncc(-c4ccncc4)cc3s1)C2. The molecule has 0 unspecified atom stereocenters. The Bertz CT molecular complexity index is 1490. The summed E-state index contributed by atoms with van der Waals surface area (Å²) in [6, 6.07) is 7.88. The molecule has 4 aromatic heterocycles. The number of rotatable bonds is 4. The van der Waals surface area contributed by atoms with Crippen molar-refractivity contribution in [3.8, 4) is 11.1 Å². The summed E-state index contributed by atoms with van der Waals surface area (Å²) in [6.45, 7) is 6.94. The molecular formula is C27H27N7O2S. The number of nitrogens with one attached hydrogen (secondary N) is 1. The van der Waals surface area contributed by atoms with Gasteiger partial charge in [-0.1, -0.05) is 11.3 Å². The molecular weight excluding hydrogens is 486 g/mol. The van der Waals surface area contributed by atoms with E-state index < -0.39 is 0 Å². The molecule has 1 N–H and O–H groups in total. The first-order chi connectivity index (χ1) is 17.9. The summed E-state index contributed by atoms with van der Waals surface area (Å²) < 4.78 is 0.897. The van der Waals surface area contributed by atoms with E-state index in [1.807, 2.05) is 36.1 Å². The van der Waals surface area contributed by atoms with Gasteiger partial charge in [0, 0.05) is 74.6 Å². The minimum absolute atomic E-state index is 0.147. The molecule has 0 radical (unpaired) electrons. The molecule has 2 fully saturated rings. The molecule has 2 aliphatic rings. The third-order valence-electron chi connectivity index (χ3n) is 7.41. The van der Waals surface area contributed by atoms with Crippen molar-refractivity contribution in [3.63, 3.8) is 0 Å². The Morgan fingerprint density at radius 2 is 1.78 bits per heavy atom. The second-order valence-corrected chi connectivity index (χ2v) is 11.0. The van der Waals surface area contributed by atoms with Crippen LogP contribution >= 0.6 is 11.3 Å². The molecule has 0 atom stereocenters. The minimum atomic E-state index is -0.233. The standard InChI is InChI=1S/C27H27N7O2S/c1-17-11-22(34-15-27(16-34)5-9-33(10-6-27)18(2)35)21(14-29-17)25(36)32-26-31-24-23(37-26)12-20(13-30-24)19-3-7-28-8-4-19/h3-4,7-8,11-14H,5-6,9-10,15-16H2,1-2H3,(H,30,31,32,36). The van der Waals surface area contributed by atoms with Gasteiger partial charge >= 0.3 is 0 Å². The predicted octanol–water partition coefficient (Wildman–Crippen LogP) is 4.16. The molecule has 1 spiro atoms. The van der Waals surface area contributed by atoms with Crippen LogP contribution in [0.4, 0.5) is 10.8 Å². The Hall–Kier alpha value is -3.92. The Morgan fingerprint density at radius 1 is 1.03 bits per heavy atom. The van der Waals surface area contributed by atoms with Crippen molar-refractivity contribution in [2.45, 2.75) is 26.7 Å². The topological polar surface area (TPSA) is 104 Å². The van der Waals surface area contributed by atoms with Crippen LogP contribution < -0.4 is 10.2 Å². The number of hydrogen-bond donors (Lipinski definition) is 1. The fraction of sp³-hybridized carbons (Fsp3) is 0.333. The van der Waals surface area contributed by atoms with E-state index in [2.05, 4.69) is 30.2 Å². The van der Waals surface area contributed by atoms with Crippen LogP contribution in [0.2, 0.25) is 0 Å². The lowest BCUT2D eigenvalue weighted by Crippen LogP contribution is -2.61. The normalized spacial score (nSPS) is 16.6. The van der Waals surface area contributed by atoms with Crippen LogP contribution in [0.25, 0.3) is 21.5 Å². The van der Waals surface area contributed by atoms with E-state index in [-0.39, 0.29) is 17.2 Å². The maximum absolute atomic E-state index is 13.4. The predicted molar refractivity (Wildman–Crippen MR) is 144 cm³/mol. The number of nitrogens with zero attached hydrogens (tertiary/aromatic N) is 6. The summed E-state index contributed by atoms with van der Waals surface area (Å²) in [7, 11) is 0. The van der Waals surface area contributed by atoms with Gasteiger partial charge in [-0.2, -0.15) is 4.98 Å². The van der Waals surface area contributed by atoms with E-state index in [0.29, 0.717) is 16.3 Å². The van der Waals surface area contributed by atoms with Gasteiger partial charge in [0.05, 0.1) is 16.0 Å². The summed E-state index contributed by atoms with van der Waals surface area (Å²) in [5.41, 5.74) is 5.10. The van der Waals surface area contributed by atoms with Crippen molar-refractivity contribution in [3.05, 3.63) is 60.3 Å². The van der Waals surface area contributed by atoms with E-state index in [4.69, 9.17) is 0 Å². The molecule has 0 bridgehead atoms. The number of thiazole rings is 1. The Balaban J connectivity index is 1.19. The van der Waals surface area contributed by atoms with Crippen LogP contribution in [0.5, 0.6) is 0 Å². The van der Waals surface area contributed by atoms with Crippen molar-refractivity contribution in [1.82, 2.24) is 24.8 Å². The molecule has 6 rings (SSSR count). The van der Waals surface area contributed by atoms with Gasteiger partial charge < -0.3 is 9.80 Å². The molecule has 0 aliphatic carbocycles. The van der Waals surface area contributed by atoms with Crippen molar-refractivity contribution >= 4 is 44.3 Å². The van der Waals surface area contributed by atoms with Crippen LogP contribution in [0, 0.1) is 12.3 Å². The number of aromatic nitrogens is 4. The quantitative estimate of drug-likeness (QED) is 0.437. The third kappa shape index (κ3) is 4.53. The van der Waals surface area contributed by atoms with Gasteiger partial charge in [0.2, 0.25) is 5.91 Å². The van der Waals surface area contributed by atoms with Gasteiger partial charge in [0.25, 0.3) is 5.91 Å². The van der Waals surface area contributed by atoms with E-state index in [0.717, 1.165) is 66.2 Å². The lowest BCUT2D eigenvalue weighted by Gasteiger charge is -2.55. The monoisotopic (exact) mass is 513 g/mol. The van der Waals surface area contributed by atoms with Gasteiger partial charge in [-0.3, -0.25) is 24.9 Å². The highest BCUT2D eigenvalue weighted by atomic mass is 32.1. The van der Waals surface area contributed by atoms with Crippen LogP contribution in [-0.2, 0) is 4.79 Å².